The summed E-state index contributed by atoms with van der Waals surface area (Å²) in [7, 11) is 1.55. The van der Waals surface area contributed by atoms with E-state index in [1.807, 2.05) is 0 Å². The first-order chi connectivity index (χ1) is 16.0. The van der Waals surface area contributed by atoms with Gasteiger partial charge in [0.05, 0.1) is 23.3 Å². The van der Waals surface area contributed by atoms with Crippen LogP contribution in [0.3, 0.4) is 0 Å². The number of benzene rings is 3. The van der Waals surface area contributed by atoms with E-state index in [0.29, 0.717) is 35.7 Å². The van der Waals surface area contributed by atoms with Crippen LogP contribution in [0.2, 0.25) is 0 Å². The maximum atomic E-state index is 12.7. The monoisotopic (exact) mass is 448 g/mol. The molecule has 0 aliphatic heterocycles. The largest absolute Gasteiger partial charge is 0.497 e. The Bertz CT molecular complexity index is 1130. The van der Waals surface area contributed by atoms with Crippen molar-refractivity contribution in [1.82, 2.24) is 0 Å². The number of nitro benzene ring substituents is 1. The van der Waals surface area contributed by atoms with Crippen LogP contribution in [0.25, 0.3) is 0 Å². The van der Waals surface area contributed by atoms with E-state index < -0.39 is 4.92 Å². The van der Waals surface area contributed by atoms with Crippen LogP contribution in [-0.2, 0) is 4.79 Å². The van der Waals surface area contributed by atoms with Crippen molar-refractivity contribution < 1.29 is 19.2 Å². The van der Waals surface area contributed by atoms with E-state index in [1.54, 1.807) is 67.8 Å². The van der Waals surface area contributed by atoms with E-state index in [9.17, 15) is 19.7 Å². The van der Waals surface area contributed by atoms with Crippen LogP contribution >= 0.6 is 0 Å². The van der Waals surface area contributed by atoms with Crippen molar-refractivity contribution >= 4 is 34.6 Å². The first-order valence-electron chi connectivity index (χ1n) is 10.3. The summed E-state index contributed by atoms with van der Waals surface area (Å²) in [5, 5.41) is 19.4. The van der Waals surface area contributed by atoms with Gasteiger partial charge in [0.2, 0.25) is 5.91 Å². The molecule has 0 saturated heterocycles. The van der Waals surface area contributed by atoms with E-state index in [2.05, 4.69) is 16.0 Å². The van der Waals surface area contributed by atoms with Crippen molar-refractivity contribution in [3.05, 3.63) is 88.5 Å². The zero-order valence-corrected chi connectivity index (χ0v) is 18.0. The van der Waals surface area contributed by atoms with Crippen LogP contribution in [0.1, 0.15) is 23.2 Å². The number of rotatable bonds is 10. The number of carbonyl (C=O) groups excluding carboxylic acids is 2. The van der Waals surface area contributed by atoms with Crippen LogP contribution in [-0.4, -0.2) is 30.4 Å². The summed E-state index contributed by atoms with van der Waals surface area (Å²) in [6.45, 7) is 0.517. The van der Waals surface area contributed by atoms with E-state index in [-0.39, 0.29) is 23.9 Å². The highest BCUT2D eigenvalue weighted by Gasteiger charge is 2.13. The normalized spacial score (nSPS) is 10.2. The van der Waals surface area contributed by atoms with Crippen molar-refractivity contribution in [3.63, 3.8) is 0 Å². The third-order valence-electron chi connectivity index (χ3n) is 4.76. The number of para-hydroxylation sites is 1. The summed E-state index contributed by atoms with van der Waals surface area (Å²) in [6.07, 6.45) is 0.785. The Labute approximate surface area is 190 Å². The van der Waals surface area contributed by atoms with Crippen molar-refractivity contribution in [2.24, 2.45) is 0 Å². The lowest BCUT2D eigenvalue weighted by Crippen LogP contribution is -2.18. The maximum Gasteiger partial charge on any atom is 0.269 e. The van der Waals surface area contributed by atoms with Gasteiger partial charge >= 0.3 is 0 Å². The fourth-order valence-corrected chi connectivity index (χ4v) is 3.08. The second-order valence-electron chi connectivity index (χ2n) is 7.11. The Hall–Kier alpha value is -4.40. The number of nitro groups is 1. The average Bonchev–Trinajstić information content (AvgIpc) is 2.82. The molecule has 0 atom stereocenters. The van der Waals surface area contributed by atoms with Gasteiger partial charge in [0.25, 0.3) is 11.6 Å². The minimum Gasteiger partial charge on any atom is -0.497 e. The molecular weight excluding hydrogens is 424 g/mol. The van der Waals surface area contributed by atoms with Crippen LogP contribution in [0.4, 0.5) is 22.7 Å². The smallest absolute Gasteiger partial charge is 0.269 e. The summed E-state index contributed by atoms with van der Waals surface area (Å²) in [5.41, 5.74) is 2.11. The van der Waals surface area contributed by atoms with Crippen molar-refractivity contribution in [2.45, 2.75) is 12.8 Å². The zero-order valence-electron chi connectivity index (χ0n) is 18.0. The highest BCUT2D eigenvalue weighted by molar-refractivity contribution is 6.10. The third kappa shape index (κ3) is 6.79. The number of hydrogen-bond acceptors (Lipinski definition) is 6. The van der Waals surface area contributed by atoms with Crippen LogP contribution in [0.15, 0.2) is 72.8 Å². The van der Waals surface area contributed by atoms with Crippen LogP contribution < -0.4 is 20.7 Å². The Kier molecular flexibility index (Phi) is 7.96. The lowest BCUT2D eigenvalue weighted by Gasteiger charge is -2.12. The van der Waals surface area contributed by atoms with Gasteiger partial charge in [-0.2, -0.15) is 0 Å². The average molecular weight is 448 g/mol. The van der Waals surface area contributed by atoms with Gasteiger partial charge in [0.15, 0.2) is 0 Å². The minimum absolute atomic E-state index is 0.0223. The topological polar surface area (TPSA) is 123 Å². The van der Waals surface area contributed by atoms with Gasteiger partial charge in [-0.05, 0) is 42.8 Å². The van der Waals surface area contributed by atoms with Crippen molar-refractivity contribution in [3.8, 4) is 5.75 Å². The molecule has 0 aliphatic carbocycles. The molecule has 170 valence electrons. The molecule has 0 aliphatic rings. The third-order valence-corrected chi connectivity index (χ3v) is 4.76. The number of hydrogen-bond donors (Lipinski definition) is 3. The van der Waals surface area contributed by atoms with Crippen LogP contribution in [0, 0.1) is 10.1 Å². The number of nitrogens with one attached hydrogen (secondary N) is 3. The predicted octanol–water partition coefficient (Wildman–Crippen LogP) is 4.69. The number of ether oxygens (including phenoxy) is 1. The first-order valence-corrected chi connectivity index (χ1v) is 10.3. The molecule has 9 nitrogen and oxygen atoms in total. The molecule has 9 heteroatoms. The Morgan fingerprint density at radius 3 is 2.42 bits per heavy atom. The molecule has 3 rings (SSSR count). The Morgan fingerprint density at radius 2 is 1.70 bits per heavy atom. The fourth-order valence-electron chi connectivity index (χ4n) is 3.08. The zero-order chi connectivity index (χ0) is 23.6. The highest BCUT2D eigenvalue weighted by atomic mass is 16.6. The lowest BCUT2D eigenvalue weighted by atomic mass is 10.1. The molecular formula is C24H24N4O5. The van der Waals surface area contributed by atoms with Gasteiger partial charge < -0.3 is 20.7 Å². The number of nitrogens with zero attached hydrogens (tertiary/aromatic N) is 1. The molecule has 2 amide bonds. The van der Waals surface area contributed by atoms with Gasteiger partial charge in [-0.15, -0.1) is 0 Å². The Morgan fingerprint density at radius 1 is 0.939 bits per heavy atom. The van der Waals surface area contributed by atoms with Gasteiger partial charge in [0, 0.05) is 42.5 Å². The summed E-state index contributed by atoms with van der Waals surface area (Å²) < 4.78 is 5.17. The lowest BCUT2D eigenvalue weighted by molar-refractivity contribution is -0.384. The van der Waals surface area contributed by atoms with Crippen LogP contribution in [0.5, 0.6) is 5.75 Å². The molecule has 0 aromatic heterocycles. The molecule has 3 aromatic carbocycles. The molecule has 0 spiro atoms. The molecule has 3 aromatic rings. The number of methoxy groups -OCH3 is 1. The molecule has 33 heavy (non-hydrogen) atoms. The fraction of sp³-hybridized carbons (Fsp3) is 0.167. The van der Waals surface area contributed by atoms with Gasteiger partial charge in [-0.1, -0.05) is 18.2 Å². The molecule has 0 heterocycles. The van der Waals surface area contributed by atoms with Crippen molar-refractivity contribution in [2.75, 3.05) is 29.6 Å². The number of amides is 2. The van der Waals surface area contributed by atoms with Gasteiger partial charge in [-0.3, -0.25) is 19.7 Å². The van der Waals surface area contributed by atoms with E-state index in [1.165, 1.54) is 12.1 Å². The summed E-state index contributed by atoms with van der Waals surface area (Å²) >= 11 is 0. The summed E-state index contributed by atoms with van der Waals surface area (Å²) in [4.78, 5) is 35.4. The van der Waals surface area contributed by atoms with E-state index in [0.717, 1.165) is 5.69 Å². The number of anilines is 3. The standard InChI is InChI=1S/C24H24N4O5/c1-33-20-7-4-6-18(16-20)26-24(30)21-8-2-3-9-22(21)27-23(29)10-5-15-25-17-11-13-19(14-12-17)28(31)32/h2-4,6-9,11-14,16,25H,5,10,15H2,1H3,(H,26,30)(H,27,29). The van der Waals surface area contributed by atoms with Gasteiger partial charge in [-0.25, -0.2) is 0 Å². The quantitative estimate of drug-likeness (QED) is 0.235. The maximum absolute atomic E-state index is 12.7. The second kappa shape index (κ2) is 11.3. The molecule has 0 bridgehead atoms. The highest BCUT2D eigenvalue weighted by Crippen LogP contribution is 2.21. The summed E-state index contributed by atoms with van der Waals surface area (Å²) in [6, 6.07) is 19.9. The van der Waals surface area contributed by atoms with E-state index in [4.69, 9.17) is 4.74 Å². The van der Waals surface area contributed by atoms with E-state index >= 15 is 0 Å². The number of carbonyl (C=O) groups is 2. The summed E-state index contributed by atoms with van der Waals surface area (Å²) in [5.74, 6) is 0.0536. The molecule has 0 saturated carbocycles. The molecule has 0 unspecified atom stereocenters. The minimum atomic E-state index is -0.455. The van der Waals surface area contributed by atoms with Gasteiger partial charge in [0.1, 0.15) is 5.75 Å². The predicted molar refractivity (Wildman–Crippen MR) is 127 cm³/mol. The molecule has 0 radical (unpaired) electrons. The first kappa shape index (κ1) is 23.3. The molecule has 3 N–H and O–H groups in total. The number of non-ortho nitro benzene ring substituents is 1. The van der Waals surface area contributed by atoms with Crippen molar-refractivity contribution in [1.29, 1.82) is 0 Å². The Balaban J connectivity index is 1.51. The SMILES string of the molecule is COc1cccc(NC(=O)c2ccccc2NC(=O)CCCNc2ccc([N+](=O)[O-])cc2)c1. The molecule has 0 fully saturated rings. The second-order valence-corrected chi connectivity index (χ2v) is 7.11.